The van der Waals surface area contributed by atoms with E-state index in [1.165, 1.54) is 0 Å². The average Bonchev–Trinajstić information content (AvgIpc) is 3.23. The summed E-state index contributed by atoms with van der Waals surface area (Å²) in [5.74, 6) is 0.307. The van der Waals surface area contributed by atoms with E-state index in [0.29, 0.717) is 28.7 Å². The number of hydrogen-bond acceptors (Lipinski definition) is 5. The monoisotopic (exact) mass is 352 g/mol. The number of hydrogen-bond donors (Lipinski definition) is 2. The number of rotatable bonds is 4. The van der Waals surface area contributed by atoms with Crippen molar-refractivity contribution < 1.29 is 4.79 Å². The van der Waals surface area contributed by atoms with Crippen molar-refractivity contribution in [2.75, 3.05) is 0 Å². The van der Waals surface area contributed by atoms with Gasteiger partial charge in [0.2, 0.25) is 5.78 Å². The van der Waals surface area contributed by atoms with Crippen molar-refractivity contribution in [1.29, 1.82) is 0 Å². The number of carbonyl (C=O) groups is 1. The fourth-order valence-corrected chi connectivity index (χ4v) is 2.97. The number of aryl methyl sites for hydroxylation is 1. The summed E-state index contributed by atoms with van der Waals surface area (Å²) in [4.78, 5) is 20.4. The third-order valence-electron chi connectivity index (χ3n) is 3.97. The lowest BCUT2D eigenvalue weighted by atomic mass is 10.0. The van der Waals surface area contributed by atoms with Gasteiger partial charge in [0.25, 0.3) is 0 Å². The number of pyridine rings is 1. The average molecular weight is 353 g/mol. The number of fused-ring (bicyclic) bond motifs is 1. The van der Waals surface area contributed by atoms with E-state index in [9.17, 15) is 4.79 Å². The zero-order valence-corrected chi connectivity index (χ0v) is 14.0. The maximum atomic E-state index is 13.0. The van der Waals surface area contributed by atoms with Crippen molar-refractivity contribution >= 4 is 28.3 Å². The minimum absolute atomic E-state index is 0.186. The zero-order chi connectivity index (χ0) is 17.4. The molecule has 0 bridgehead atoms. The Morgan fingerprint density at radius 3 is 2.88 bits per heavy atom. The van der Waals surface area contributed by atoms with Gasteiger partial charge in [-0.1, -0.05) is 16.8 Å². The van der Waals surface area contributed by atoms with Gasteiger partial charge in [0.15, 0.2) is 5.82 Å². The normalized spacial score (nSPS) is 11.1. The van der Waals surface area contributed by atoms with E-state index in [-0.39, 0.29) is 5.78 Å². The molecule has 0 aliphatic rings. The van der Waals surface area contributed by atoms with Crippen LogP contribution in [0.2, 0.25) is 5.02 Å². The number of aromatic amines is 2. The lowest BCUT2D eigenvalue weighted by Gasteiger charge is -2.03. The first kappa shape index (κ1) is 15.5. The first-order chi connectivity index (χ1) is 12.1. The van der Waals surface area contributed by atoms with E-state index in [4.69, 9.17) is 11.6 Å². The van der Waals surface area contributed by atoms with Crippen LogP contribution >= 0.6 is 11.6 Å². The predicted octanol–water partition coefficient (Wildman–Crippen LogP) is 2.86. The Morgan fingerprint density at radius 2 is 2.12 bits per heavy atom. The van der Waals surface area contributed by atoms with E-state index in [1.807, 2.05) is 25.1 Å². The maximum Gasteiger partial charge on any atom is 0.227 e. The second-order valence-corrected chi connectivity index (χ2v) is 6.16. The minimum Gasteiger partial charge on any atom is -0.352 e. The van der Waals surface area contributed by atoms with Crippen LogP contribution in [0.5, 0.6) is 0 Å². The van der Waals surface area contributed by atoms with Gasteiger partial charge in [-0.05, 0) is 48.4 Å². The summed E-state index contributed by atoms with van der Waals surface area (Å²) in [7, 11) is 0. The Morgan fingerprint density at radius 1 is 1.24 bits per heavy atom. The molecule has 0 fully saturated rings. The molecule has 124 valence electrons. The highest BCUT2D eigenvalue weighted by molar-refractivity contribution is 6.31. The number of carbonyl (C=O) groups excluding carboxylic acids is 1. The summed E-state index contributed by atoms with van der Waals surface area (Å²) in [5, 5.41) is 15.4. The molecule has 0 saturated heterocycles. The molecule has 0 spiro atoms. The number of nitrogens with one attached hydrogen (secondary N) is 2. The molecule has 4 aromatic rings. The van der Waals surface area contributed by atoms with Gasteiger partial charge < -0.3 is 4.98 Å². The van der Waals surface area contributed by atoms with Crippen LogP contribution in [-0.2, 0) is 6.42 Å². The largest absolute Gasteiger partial charge is 0.352 e. The molecule has 0 unspecified atom stereocenters. The maximum absolute atomic E-state index is 13.0. The fourth-order valence-electron chi connectivity index (χ4n) is 2.80. The molecule has 1 aromatic carbocycles. The smallest absolute Gasteiger partial charge is 0.227 e. The third-order valence-corrected chi connectivity index (χ3v) is 4.20. The summed E-state index contributed by atoms with van der Waals surface area (Å²) >= 11 is 6.14. The minimum atomic E-state index is -0.186. The van der Waals surface area contributed by atoms with Crippen LogP contribution in [0.3, 0.4) is 0 Å². The summed E-state index contributed by atoms with van der Waals surface area (Å²) in [5.41, 5.74) is 3.40. The molecule has 0 atom stereocenters. The standard InChI is InChI=1S/C17H13ClN6O/c1-9-4-5-19-14(6-9)17(25)16-12(8-15-21-23-24-22-15)11-7-10(18)2-3-13(11)20-16/h2-7,20H,8H2,1H3,(H,21,22,23,24). The molecule has 2 N–H and O–H groups in total. The van der Waals surface area contributed by atoms with Gasteiger partial charge in [-0.15, -0.1) is 10.2 Å². The second kappa shape index (κ2) is 6.10. The molecule has 7 nitrogen and oxygen atoms in total. The number of benzene rings is 1. The molecule has 0 aliphatic heterocycles. The number of H-pyrrole nitrogens is 2. The van der Waals surface area contributed by atoms with E-state index < -0.39 is 0 Å². The molecule has 4 rings (SSSR count). The predicted molar refractivity (Wildman–Crippen MR) is 92.7 cm³/mol. The molecule has 0 radical (unpaired) electrons. The van der Waals surface area contributed by atoms with Gasteiger partial charge >= 0.3 is 0 Å². The Kier molecular flexibility index (Phi) is 3.77. The van der Waals surface area contributed by atoms with E-state index in [2.05, 4.69) is 30.6 Å². The van der Waals surface area contributed by atoms with E-state index >= 15 is 0 Å². The summed E-state index contributed by atoms with van der Waals surface area (Å²) in [6, 6.07) is 9.06. The van der Waals surface area contributed by atoms with Crippen molar-refractivity contribution in [2.45, 2.75) is 13.3 Å². The number of nitrogens with zero attached hydrogens (tertiary/aromatic N) is 4. The van der Waals surface area contributed by atoms with Crippen molar-refractivity contribution in [3.63, 3.8) is 0 Å². The van der Waals surface area contributed by atoms with Crippen LogP contribution < -0.4 is 0 Å². The molecule has 0 amide bonds. The number of aromatic nitrogens is 6. The highest BCUT2D eigenvalue weighted by Crippen LogP contribution is 2.28. The molecule has 8 heteroatoms. The topological polar surface area (TPSA) is 100 Å². The van der Waals surface area contributed by atoms with Gasteiger partial charge in [-0.3, -0.25) is 9.78 Å². The molecule has 0 aliphatic carbocycles. The molecule has 3 heterocycles. The van der Waals surface area contributed by atoms with Crippen LogP contribution in [0.4, 0.5) is 0 Å². The zero-order valence-electron chi connectivity index (χ0n) is 13.2. The van der Waals surface area contributed by atoms with Crippen LogP contribution in [0.25, 0.3) is 10.9 Å². The van der Waals surface area contributed by atoms with Crippen LogP contribution in [0, 0.1) is 6.92 Å². The third kappa shape index (κ3) is 2.89. The second-order valence-electron chi connectivity index (χ2n) is 5.72. The molecular weight excluding hydrogens is 340 g/mol. The molecule has 0 saturated carbocycles. The Hall–Kier alpha value is -3.06. The van der Waals surface area contributed by atoms with Gasteiger partial charge in [0.1, 0.15) is 5.69 Å². The van der Waals surface area contributed by atoms with Crippen LogP contribution in [-0.4, -0.2) is 36.4 Å². The van der Waals surface area contributed by atoms with Crippen molar-refractivity contribution in [1.82, 2.24) is 30.6 Å². The van der Waals surface area contributed by atoms with Gasteiger partial charge in [0.05, 0.1) is 5.69 Å². The summed E-state index contributed by atoms with van der Waals surface area (Å²) in [6.45, 7) is 1.92. The van der Waals surface area contributed by atoms with Crippen molar-refractivity contribution in [2.24, 2.45) is 0 Å². The molecule has 25 heavy (non-hydrogen) atoms. The van der Waals surface area contributed by atoms with Crippen LogP contribution in [0.1, 0.15) is 33.1 Å². The number of ketones is 1. The molecule has 3 aromatic heterocycles. The first-order valence-electron chi connectivity index (χ1n) is 7.61. The fraction of sp³-hybridized carbons (Fsp3) is 0.118. The Labute approximate surface area is 147 Å². The first-order valence-corrected chi connectivity index (χ1v) is 7.99. The van der Waals surface area contributed by atoms with Gasteiger partial charge in [0, 0.05) is 28.5 Å². The summed E-state index contributed by atoms with van der Waals surface area (Å²) < 4.78 is 0. The number of tetrazole rings is 1. The lowest BCUT2D eigenvalue weighted by molar-refractivity contribution is 0.102. The SMILES string of the molecule is Cc1ccnc(C(=O)c2[nH]c3ccc(Cl)cc3c2Cc2nn[nH]n2)c1. The van der Waals surface area contributed by atoms with Gasteiger partial charge in [-0.2, -0.15) is 5.21 Å². The van der Waals surface area contributed by atoms with Crippen molar-refractivity contribution in [3.05, 3.63) is 69.9 Å². The van der Waals surface area contributed by atoms with E-state index in [0.717, 1.165) is 22.0 Å². The Bertz CT molecular complexity index is 1070. The highest BCUT2D eigenvalue weighted by atomic mass is 35.5. The van der Waals surface area contributed by atoms with E-state index in [1.54, 1.807) is 18.3 Å². The quantitative estimate of drug-likeness (QED) is 0.550. The Balaban J connectivity index is 1.88. The van der Waals surface area contributed by atoms with Crippen molar-refractivity contribution in [3.8, 4) is 0 Å². The van der Waals surface area contributed by atoms with Gasteiger partial charge in [-0.25, -0.2) is 0 Å². The lowest BCUT2D eigenvalue weighted by Crippen LogP contribution is -2.08. The molecular formula is C17H13ClN6O. The number of halogens is 1. The highest BCUT2D eigenvalue weighted by Gasteiger charge is 2.21. The summed E-state index contributed by atoms with van der Waals surface area (Å²) in [6.07, 6.45) is 1.98. The van der Waals surface area contributed by atoms with Crippen LogP contribution in [0.15, 0.2) is 36.5 Å².